The molecule has 2 heterocycles. The molecule has 1 aliphatic rings. The van der Waals surface area contributed by atoms with Crippen LogP contribution in [-0.2, 0) is 0 Å². The molecule has 1 aliphatic carbocycles. The van der Waals surface area contributed by atoms with Crippen LogP contribution in [0.1, 0.15) is 25.7 Å². The highest BCUT2D eigenvalue weighted by atomic mass is 16.5. The van der Waals surface area contributed by atoms with Crippen LogP contribution in [-0.4, -0.2) is 28.1 Å². The van der Waals surface area contributed by atoms with E-state index in [1.165, 1.54) is 25.7 Å². The quantitative estimate of drug-likeness (QED) is 0.666. The molecule has 0 saturated heterocycles. The molecule has 0 spiro atoms. The second-order valence-corrected chi connectivity index (χ2v) is 6.68. The van der Waals surface area contributed by atoms with Crippen molar-refractivity contribution in [2.75, 3.05) is 17.7 Å². The average molecular weight is 361 g/mol. The third-order valence-corrected chi connectivity index (χ3v) is 4.73. The number of hydrogen-bond donors (Lipinski definition) is 2. The molecule has 0 aliphatic heterocycles. The van der Waals surface area contributed by atoms with Gasteiger partial charge >= 0.3 is 0 Å². The number of aromatic nitrogens is 3. The molecule has 4 rings (SSSR count). The monoisotopic (exact) mass is 361 g/mol. The summed E-state index contributed by atoms with van der Waals surface area (Å²) in [6.07, 6.45) is 8.41. The van der Waals surface area contributed by atoms with Gasteiger partial charge in [-0.05, 0) is 37.1 Å². The summed E-state index contributed by atoms with van der Waals surface area (Å²) < 4.78 is 5.31. The predicted octanol–water partition coefficient (Wildman–Crippen LogP) is 4.65. The van der Waals surface area contributed by atoms with Crippen molar-refractivity contribution in [2.45, 2.75) is 31.7 Å². The van der Waals surface area contributed by atoms with E-state index in [0.29, 0.717) is 12.0 Å². The van der Waals surface area contributed by atoms with E-state index in [1.807, 2.05) is 42.5 Å². The van der Waals surface area contributed by atoms with E-state index >= 15 is 0 Å². The molecule has 138 valence electrons. The minimum absolute atomic E-state index is 0.447. The van der Waals surface area contributed by atoms with Crippen LogP contribution in [0.15, 0.2) is 54.9 Å². The van der Waals surface area contributed by atoms with Crippen molar-refractivity contribution in [3.8, 4) is 17.0 Å². The van der Waals surface area contributed by atoms with Crippen LogP contribution in [0.25, 0.3) is 11.3 Å². The Kier molecular flexibility index (Phi) is 5.14. The van der Waals surface area contributed by atoms with Crippen LogP contribution in [0.5, 0.6) is 5.75 Å². The molecule has 3 aromatic rings. The third-order valence-electron chi connectivity index (χ3n) is 4.73. The molecule has 2 N–H and O–H groups in total. The summed E-state index contributed by atoms with van der Waals surface area (Å²) in [7, 11) is 1.66. The number of benzene rings is 1. The van der Waals surface area contributed by atoms with Gasteiger partial charge in [0.2, 0.25) is 5.95 Å². The highest BCUT2D eigenvalue weighted by molar-refractivity contribution is 5.67. The number of nitrogens with zero attached hydrogens (tertiary/aromatic N) is 3. The number of ether oxygens (including phenoxy) is 1. The smallest absolute Gasteiger partial charge is 0.225 e. The van der Waals surface area contributed by atoms with E-state index in [2.05, 4.69) is 20.6 Å². The lowest BCUT2D eigenvalue weighted by Crippen LogP contribution is -2.17. The van der Waals surface area contributed by atoms with Gasteiger partial charge in [-0.25, -0.2) is 4.98 Å². The molecule has 1 fully saturated rings. The van der Waals surface area contributed by atoms with Gasteiger partial charge in [-0.2, -0.15) is 4.98 Å². The van der Waals surface area contributed by atoms with Gasteiger partial charge in [-0.15, -0.1) is 0 Å². The van der Waals surface area contributed by atoms with Crippen molar-refractivity contribution in [3.05, 3.63) is 54.9 Å². The summed E-state index contributed by atoms with van der Waals surface area (Å²) in [5.41, 5.74) is 2.79. The van der Waals surface area contributed by atoms with Gasteiger partial charge in [-0.1, -0.05) is 18.9 Å². The summed E-state index contributed by atoms with van der Waals surface area (Å²) in [4.78, 5) is 13.5. The Morgan fingerprint density at radius 1 is 1.00 bits per heavy atom. The molecule has 0 bridgehead atoms. The van der Waals surface area contributed by atoms with Gasteiger partial charge in [0.1, 0.15) is 11.6 Å². The van der Waals surface area contributed by atoms with Crippen molar-refractivity contribution in [1.29, 1.82) is 0 Å². The van der Waals surface area contributed by atoms with Gasteiger partial charge in [0.15, 0.2) is 0 Å². The molecule has 0 unspecified atom stereocenters. The molecular formula is C21H23N5O. The summed E-state index contributed by atoms with van der Waals surface area (Å²) in [6.45, 7) is 0. The molecule has 2 aromatic heterocycles. The highest BCUT2D eigenvalue weighted by Crippen LogP contribution is 2.27. The van der Waals surface area contributed by atoms with Crippen LogP contribution in [0.2, 0.25) is 0 Å². The number of rotatable bonds is 6. The second-order valence-electron chi connectivity index (χ2n) is 6.68. The molecular weight excluding hydrogens is 338 g/mol. The molecule has 27 heavy (non-hydrogen) atoms. The van der Waals surface area contributed by atoms with Crippen LogP contribution >= 0.6 is 0 Å². The largest absolute Gasteiger partial charge is 0.497 e. The van der Waals surface area contributed by atoms with E-state index in [0.717, 1.165) is 28.5 Å². The maximum Gasteiger partial charge on any atom is 0.225 e. The van der Waals surface area contributed by atoms with Crippen LogP contribution in [0.3, 0.4) is 0 Å². The zero-order valence-electron chi connectivity index (χ0n) is 15.4. The maximum absolute atomic E-state index is 5.31. The van der Waals surface area contributed by atoms with E-state index in [9.17, 15) is 0 Å². The Labute approximate surface area is 159 Å². The van der Waals surface area contributed by atoms with Crippen molar-refractivity contribution in [3.63, 3.8) is 0 Å². The predicted molar refractivity (Wildman–Crippen MR) is 107 cm³/mol. The van der Waals surface area contributed by atoms with E-state index in [1.54, 1.807) is 19.5 Å². The van der Waals surface area contributed by atoms with Gasteiger partial charge in [0.25, 0.3) is 0 Å². The molecule has 1 aromatic carbocycles. The fraction of sp³-hybridized carbons (Fsp3) is 0.286. The van der Waals surface area contributed by atoms with Gasteiger partial charge in [0.05, 0.1) is 12.8 Å². The standard InChI is InChI=1S/C21H23N5O/c1-27-18-8-4-7-17(13-18)23-20-14-19(15-9-11-22-12-10-15)25-21(26-20)24-16-5-2-3-6-16/h4,7-14,16H,2-3,5-6H2,1H3,(H2,23,24,25,26). The molecule has 0 atom stereocenters. The Morgan fingerprint density at radius 3 is 2.59 bits per heavy atom. The van der Waals surface area contributed by atoms with Crippen molar-refractivity contribution >= 4 is 17.5 Å². The lowest BCUT2D eigenvalue weighted by molar-refractivity contribution is 0.415. The van der Waals surface area contributed by atoms with E-state index < -0.39 is 0 Å². The Hall–Kier alpha value is -3.15. The number of pyridine rings is 1. The second kappa shape index (κ2) is 8.03. The zero-order valence-corrected chi connectivity index (χ0v) is 15.4. The first-order chi connectivity index (χ1) is 13.3. The molecule has 0 amide bonds. The van der Waals surface area contributed by atoms with Gasteiger partial charge < -0.3 is 15.4 Å². The minimum Gasteiger partial charge on any atom is -0.497 e. The van der Waals surface area contributed by atoms with E-state index in [-0.39, 0.29) is 0 Å². The normalized spacial score (nSPS) is 14.1. The topological polar surface area (TPSA) is 72.0 Å². The number of methoxy groups -OCH3 is 1. The lowest BCUT2D eigenvalue weighted by Gasteiger charge is -2.15. The Morgan fingerprint density at radius 2 is 1.81 bits per heavy atom. The average Bonchev–Trinajstić information content (AvgIpc) is 3.21. The van der Waals surface area contributed by atoms with Crippen LogP contribution in [0, 0.1) is 0 Å². The first-order valence-electron chi connectivity index (χ1n) is 9.27. The molecule has 6 heteroatoms. The highest BCUT2D eigenvalue weighted by Gasteiger charge is 2.17. The van der Waals surface area contributed by atoms with Gasteiger partial charge in [0, 0.05) is 41.8 Å². The first kappa shape index (κ1) is 17.3. The summed E-state index contributed by atoms with van der Waals surface area (Å²) in [5.74, 6) is 2.19. The third kappa shape index (κ3) is 4.34. The maximum atomic E-state index is 5.31. The van der Waals surface area contributed by atoms with Crippen molar-refractivity contribution < 1.29 is 4.74 Å². The molecule has 1 saturated carbocycles. The Balaban J connectivity index is 1.66. The fourth-order valence-electron chi connectivity index (χ4n) is 3.35. The SMILES string of the molecule is COc1cccc(Nc2cc(-c3ccncc3)nc(NC3CCCC3)n2)c1. The zero-order chi connectivity index (χ0) is 18.5. The fourth-order valence-corrected chi connectivity index (χ4v) is 3.35. The van der Waals surface area contributed by atoms with E-state index in [4.69, 9.17) is 9.72 Å². The summed E-state index contributed by atoms with van der Waals surface area (Å²) >= 11 is 0. The van der Waals surface area contributed by atoms with Crippen molar-refractivity contribution in [1.82, 2.24) is 15.0 Å². The summed E-state index contributed by atoms with van der Waals surface area (Å²) in [5, 5.41) is 6.86. The number of hydrogen-bond acceptors (Lipinski definition) is 6. The Bertz CT molecular complexity index is 894. The lowest BCUT2D eigenvalue weighted by atomic mass is 10.2. The van der Waals surface area contributed by atoms with Crippen molar-refractivity contribution in [2.24, 2.45) is 0 Å². The number of anilines is 3. The van der Waals surface area contributed by atoms with Crippen LogP contribution < -0.4 is 15.4 Å². The number of nitrogens with one attached hydrogen (secondary N) is 2. The molecule has 0 radical (unpaired) electrons. The van der Waals surface area contributed by atoms with Crippen LogP contribution in [0.4, 0.5) is 17.5 Å². The van der Waals surface area contributed by atoms with Gasteiger partial charge in [-0.3, -0.25) is 4.98 Å². The first-order valence-corrected chi connectivity index (χ1v) is 9.27. The summed E-state index contributed by atoms with van der Waals surface area (Å²) in [6, 6.07) is 14.1. The minimum atomic E-state index is 0.447. The molecule has 6 nitrogen and oxygen atoms in total.